The first-order chi connectivity index (χ1) is 17.9. The number of nitrogens with zero attached hydrogens (tertiary/aromatic N) is 4. The van der Waals surface area contributed by atoms with Gasteiger partial charge in [0.25, 0.3) is 0 Å². The van der Waals surface area contributed by atoms with Gasteiger partial charge < -0.3 is 19.9 Å². The number of fused-ring (bicyclic) bond motifs is 1. The molecular weight excluding hydrogens is 496 g/mol. The Labute approximate surface area is 218 Å². The van der Waals surface area contributed by atoms with Gasteiger partial charge in [-0.2, -0.15) is 10.1 Å². The summed E-state index contributed by atoms with van der Waals surface area (Å²) >= 11 is 6.53. The number of aryl methyl sites for hydroxylation is 1. The van der Waals surface area contributed by atoms with Crippen LogP contribution in [0.15, 0.2) is 36.5 Å². The number of rotatable bonds is 10. The number of aliphatic hydroxyl groups excluding tert-OH is 1. The van der Waals surface area contributed by atoms with Crippen molar-refractivity contribution in [2.75, 3.05) is 25.6 Å². The number of Topliss-reactive ketones (excluding diaryl/α,β-unsaturated/α-hetero) is 1. The second-order valence-corrected chi connectivity index (χ2v) is 9.88. The lowest BCUT2D eigenvalue weighted by Crippen LogP contribution is -2.27. The van der Waals surface area contributed by atoms with Gasteiger partial charge in [-0.05, 0) is 43.2 Å². The molecule has 0 spiro atoms. The Bertz CT molecular complexity index is 1430. The van der Waals surface area contributed by atoms with E-state index in [2.05, 4.69) is 25.6 Å². The molecule has 0 saturated heterocycles. The SMILES string of the molecule is COc1cc(-c2nc(Nc3ccc4[nH]ncc4c3Cl)n(C)n2)ccc1OCC(=O)CC1(CO)CCCC1. The van der Waals surface area contributed by atoms with Gasteiger partial charge in [0.05, 0.1) is 29.5 Å². The van der Waals surface area contributed by atoms with Crippen molar-refractivity contribution < 1.29 is 19.4 Å². The maximum absolute atomic E-state index is 12.6. The van der Waals surface area contributed by atoms with Crippen LogP contribution in [0.3, 0.4) is 0 Å². The summed E-state index contributed by atoms with van der Waals surface area (Å²) in [4.78, 5) is 17.2. The summed E-state index contributed by atoms with van der Waals surface area (Å²) in [7, 11) is 3.33. The number of aromatic nitrogens is 5. The average molecular weight is 525 g/mol. The van der Waals surface area contributed by atoms with Gasteiger partial charge in [0, 0.05) is 36.4 Å². The van der Waals surface area contributed by atoms with Crippen LogP contribution in [-0.2, 0) is 11.8 Å². The largest absolute Gasteiger partial charge is 0.493 e. The van der Waals surface area contributed by atoms with Crippen LogP contribution < -0.4 is 14.8 Å². The molecule has 10 nitrogen and oxygen atoms in total. The molecule has 1 fully saturated rings. The van der Waals surface area contributed by atoms with Crippen LogP contribution in [0.4, 0.5) is 11.6 Å². The highest BCUT2D eigenvalue weighted by molar-refractivity contribution is 6.38. The number of carbonyl (C=O) groups is 1. The van der Waals surface area contributed by atoms with Crippen LogP contribution in [0.1, 0.15) is 32.1 Å². The van der Waals surface area contributed by atoms with Crippen LogP contribution in [0, 0.1) is 5.41 Å². The Morgan fingerprint density at radius 2 is 2.05 bits per heavy atom. The first-order valence-corrected chi connectivity index (χ1v) is 12.5. The highest BCUT2D eigenvalue weighted by atomic mass is 35.5. The minimum atomic E-state index is -0.292. The van der Waals surface area contributed by atoms with E-state index in [0.29, 0.717) is 40.4 Å². The topological polar surface area (TPSA) is 127 Å². The van der Waals surface area contributed by atoms with Crippen LogP contribution >= 0.6 is 11.6 Å². The number of nitrogens with one attached hydrogen (secondary N) is 2. The summed E-state index contributed by atoms with van der Waals surface area (Å²) in [6.07, 6.45) is 5.87. The molecule has 1 aliphatic rings. The molecule has 1 aliphatic carbocycles. The standard InChI is InChI=1S/C26H29ClN6O4/c1-33-25(29-20-7-6-19-18(23(20)27)13-28-31-19)30-24(32-33)16-5-8-21(22(11-16)36-2)37-14-17(35)12-26(15-34)9-3-4-10-26/h5-8,11,13,34H,3-4,9-10,12,14-15H2,1-2H3,(H,28,31)(H,29,30,32). The molecule has 2 aromatic carbocycles. The number of ether oxygens (including phenoxy) is 2. The highest BCUT2D eigenvalue weighted by Gasteiger charge is 2.35. The summed E-state index contributed by atoms with van der Waals surface area (Å²) < 4.78 is 12.9. The zero-order chi connectivity index (χ0) is 26.0. The third kappa shape index (κ3) is 5.12. The number of benzene rings is 2. The van der Waals surface area contributed by atoms with E-state index in [1.807, 2.05) is 18.2 Å². The first kappa shape index (κ1) is 25.0. The number of methoxy groups -OCH3 is 1. The van der Waals surface area contributed by atoms with Crippen LogP contribution in [0.5, 0.6) is 11.5 Å². The molecule has 0 amide bonds. The minimum absolute atomic E-state index is 0.0311. The van der Waals surface area contributed by atoms with Crippen molar-refractivity contribution in [2.45, 2.75) is 32.1 Å². The molecule has 0 radical (unpaired) electrons. The number of H-pyrrole nitrogens is 1. The van der Waals surface area contributed by atoms with Gasteiger partial charge >= 0.3 is 0 Å². The zero-order valence-electron chi connectivity index (χ0n) is 20.8. The van der Waals surface area contributed by atoms with Gasteiger partial charge in [0.15, 0.2) is 23.1 Å². The Balaban J connectivity index is 1.29. The zero-order valence-corrected chi connectivity index (χ0v) is 21.5. The van der Waals surface area contributed by atoms with Crippen LogP contribution in [0.2, 0.25) is 5.02 Å². The maximum Gasteiger partial charge on any atom is 0.225 e. The van der Waals surface area contributed by atoms with Crippen LogP contribution in [0.25, 0.3) is 22.3 Å². The molecule has 0 atom stereocenters. The van der Waals surface area contributed by atoms with E-state index in [1.165, 1.54) is 0 Å². The van der Waals surface area contributed by atoms with E-state index in [0.717, 1.165) is 42.1 Å². The lowest BCUT2D eigenvalue weighted by Gasteiger charge is -2.25. The lowest BCUT2D eigenvalue weighted by molar-refractivity contribution is -0.124. The van der Waals surface area contributed by atoms with E-state index in [9.17, 15) is 9.90 Å². The molecule has 37 heavy (non-hydrogen) atoms. The molecule has 5 rings (SSSR count). The van der Waals surface area contributed by atoms with Crippen molar-refractivity contribution in [3.8, 4) is 22.9 Å². The highest BCUT2D eigenvalue weighted by Crippen LogP contribution is 2.41. The normalized spacial score (nSPS) is 14.7. The predicted molar refractivity (Wildman–Crippen MR) is 140 cm³/mol. The van der Waals surface area contributed by atoms with E-state index in [4.69, 9.17) is 21.1 Å². The molecule has 2 aromatic heterocycles. The Kier molecular flexibility index (Phi) is 7.03. The summed E-state index contributed by atoms with van der Waals surface area (Å²) in [6.45, 7) is -0.0377. The third-order valence-electron chi connectivity index (χ3n) is 6.95. The van der Waals surface area contributed by atoms with Gasteiger partial charge in [-0.25, -0.2) is 4.68 Å². The number of halogens is 1. The molecule has 2 heterocycles. The smallest absolute Gasteiger partial charge is 0.225 e. The fourth-order valence-corrected chi connectivity index (χ4v) is 5.15. The van der Waals surface area contributed by atoms with Crippen molar-refractivity contribution in [3.05, 3.63) is 41.6 Å². The summed E-state index contributed by atoms with van der Waals surface area (Å²) in [5.41, 5.74) is 1.96. The third-order valence-corrected chi connectivity index (χ3v) is 7.36. The van der Waals surface area contributed by atoms with Crippen molar-refractivity contribution >= 4 is 39.9 Å². The molecule has 4 aromatic rings. The van der Waals surface area contributed by atoms with Gasteiger partial charge in [-0.1, -0.05) is 24.4 Å². The number of hydrogen-bond acceptors (Lipinski definition) is 8. The predicted octanol–water partition coefficient (Wildman–Crippen LogP) is 4.65. The molecule has 0 unspecified atom stereocenters. The number of carbonyl (C=O) groups excluding carboxylic acids is 1. The summed E-state index contributed by atoms with van der Waals surface area (Å²) in [6, 6.07) is 9.07. The number of hydrogen-bond donors (Lipinski definition) is 3. The Morgan fingerprint density at radius 1 is 1.24 bits per heavy atom. The molecule has 11 heteroatoms. The number of aliphatic hydroxyl groups is 1. The maximum atomic E-state index is 12.6. The van der Waals surface area contributed by atoms with E-state index in [1.54, 1.807) is 37.2 Å². The average Bonchev–Trinajstić information content (AvgIpc) is 3.65. The second kappa shape index (κ2) is 10.4. The minimum Gasteiger partial charge on any atom is -0.493 e. The summed E-state index contributed by atoms with van der Waals surface area (Å²) in [5.74, 6) is 1.89. The summed E-state index contributed by atoms with van der Waals surface area (Å²) in [5, 5.41) is 25.8. The Morgan fingerprint density at radius 3 is 2.81 bits per heavy atom. The van der Waals surface area contributed by atoms with Gasteiger partial charge in [-0.3, -0.25) is 9.89 Å². The Hall–Kier alpha value is -3.63. The quantitative estimate of drug-likeness (QED) is 0.273. The van der Waals surface area contributed by atoms with E-state index < -0.39 is 0 Å². The van der Waals surface area contributed by atoms with Crippen LogP contribution in [-0.4, -0.2) is 56.2 Å². The number of ketones is 1. The lowest BCUT2D eigenvalue weighted by atomic mass is 9.82. The monoisotopic (exact) mass is 524 g/mol. The van der Waals surface area contributed by atoms with Crippen molar-refractivity contribution in [2.24, 2.45) is 12.5 Å². The fraction of sp³-hybridized carbons (Fsp3) is 0.385. The second-order valence-electron chi connectivity index (χ2n) is 9.50. The van der Waals surface area contributed by atoms with E-state index in [-0.39, 0.29) is 24.4 Å². The molecular formula is C26H29ClN6O4. The number of aromatic amines is 1. The van der Waals surface area contributed by atoms with Gasteiger partial charge in [0.1, 0.15) is 6.61 Å². The van der Waals surface area contributed by atoms with Crippen molar-refractivity contribution in [1.29, 1.82) is 0 Å². The molecule has 0 bridgehead atoms. The van der Waals surface area contributed by atoms with Crippen molar-refractivity contribution in [3.63, 3.8) is 0 Å². The fourth-order valence-electron chi connectivity index (χ4n) is 4.88. The molecule has 194 valence electrons. The molecule has 3 N–H and O–H groups in total. The first-order valence-electron chi connectivity index (χ1n) is 12.1. The van der Waals surface area contributed by atoms with E-state index >= 15 is 0 Å². The molecule has 1 saturated carbocycles. The molecule has 0 aliphatic heterocycles. The number of anilines is 2. The van der Waals surface area contributed by atoms with Crippen molar-refractivity contribution in [1.82, 2.24) is 25.0 Å². The van der Waals surface area contributed by atoms with Gasteiger partial charge in [-0.15, -0.1) is 5.10 Å². The van der Waals surface area contributed by atoms with Gasteiger partial charge in [0.2, 0.25) is 5.95 Å².